The molecule has 0 aliphatic rings. The molecule has 0 aliphatic carbocycles. The van der Waals surface area contributed by atoms with Gasteiger partial charge < -0.3 is 0 Å². The van der Waals surface area contributed by atoms with Gasteiger partial charge in [0.15, 0.2) is 0 Å². The van der Waals surface area contributed by atoms with Gasteiger partial charge in [-0.2, -0.15) is 44.8 Å². The van der Waals surface area contributed by atoms with Crippen LogP contribution in [0, 0.1) is 46.2 Å². The fraction of sp³-hybridized carbons (Fsp3) is 0.0976. The quantitative estimate of drug-likeness (QED) is 0.0740. The Kier molecular flexibility index (Phi) is 25.2. The standard InChI is InChI=1S/C14H6Br2F6S2.C12H6F4S2.C7H3BrClF3O2S.C6H4F2S.C2H3N/c15-7-1-3-11(9(5-7)13(17,18)19)23-24-12-4-2-8(16)6-10(12)14(20,21)22;13-7-1-3-11(9(15)5-7)17-18-12-4-2-8(14)6-10(12)16;8-4-1-2-6(15(9,13)14)5(3-4)7(10,11)12;7-4-1-2-6(9)5(8)3-4;1-2-3/h1-6H;1-6H;1-3H;1-3,9H;1H3. The lowest BCUT2D eigenvalue weighted by Crippen LogP contribution is -2.10. The Bertz CT molecular complexity index is 2740. The molecule has 0 bridgehead atoms. The Labute approximate surface area is 434 Å². The molecule has 6 aromatic carbocycles. The normalized spacial score (nSPS) is 11.3. The first-order chi connectivity index (χ1) is 31.8. The molecule has 0 N–H and O–H groups in total. The first kappa shape index (κ1) is 62.3. The van der Waals surface area contributed by atoms with Gasteiger partial charge in [0, 0.05) is 63.9 Å². The molecule has 0 radical (unpaired) electrons. The molecule has 372 valence electrons. The SMILES string of the molecule is CC#N.FC(F)(F)c1cc(Br)ccc1SSc1ccc(Br)cc1C(F)(F)F.Fc1ccc(S)c(F)c1.Fc1ccc(SSc2ccc(F)cc2F)c(F)c1.O=S(=O)(Cl)c1ccc(Br)cc1C(F)(F)F. The second kappa shape index (κ2) is 27.9. The van der Waals surface area contributed by atoms with Gasteiger partial charge in [-0.15, -0.1) is 12.6 Å². The Morgan fingerprint density at radius 2 is 0.783 bits per heavy atom. The summed E-state index contributed by atoms with van der Waals surface area (Å²) < 4.78 is 214. The van der Waals surface area contributed by atoms with Crippen molar-refractivity contribution in [2.45, 2.75) is 54.8 Å². The number of nitrogens with zero attached hydrogens (tertiary/aromatic N) is 1. The predicted octanol–water partition coefficient (Wildman–Crippen LogP) is 19.3. The first-order valence-corrected chi connectivity index (χ1v) is 26.8. The number of hydrogen-bond acceptors (Lipinski definition) is 8. The van der Waals surface area contributed by atoms with Crippen LogP contribution in [-0.2, 0) is 27.6 Å². The van der Waals surface area contributed by atoms with Crippen molar-refractivity contribution in [1.82, 2.24) is 0 Å². The largest absolute Gasteiger partial charge is 0.417 e. The van der Waals surface area contributed by atoms with Crippen LogP contribution in [0.25, 0.3) is 0 Å². The summed E-state index contributed by atoms with van der Waals surface area (Å²) in [5, 5.41) is 7.32. The van der Waals surface area contributed by atoms with E-state index >= 15 is 0 Å². The van der Waals surface area contributed by atoms with E-state index in [0.717, 1.165) is 76.2 Å². The number of rotatable bonds is 7. The molecule has 0 unspecified atom stereocenters. The molecule has 0 amide bonds. The zero-order valence-electron chi connectivity index (χ0n) is 33.3. The second-order valence-corrected chi connectivity index (χ2v) is 22.3. The highest BCUT2D eigenvalue weighted by Gasteiger charge is 2.38. The minimum absolute atomic E-state index is 0.124. The predicted molar refractivity (Wildman–Crippen MR) is 252 cm³/mol. The van der Waals surface area contributed by atoms with Crippen LogP contribution >= 0.6 is 114 Å². The molecular weight excluding hydrogens is 1290 g/mol. The van der Waals surface area contributed by atoms with Crippen molar-refractivity contribution in [3.63, 3.8) is 0 Å². The topological polar surface area (TPSA) is 57.9 Å². The Hall–Kier alpha value is -2.81. The number of nitriles is 1. The van der Waals surface area contributed by atoms with Crippen molar-refractivity contribution in [1.29, 1.82) is 5.26 Å². The van der Waals surface area contributed by atoms with E-state index in [4.69, 9.17) is 15.9 Å². The van der Waals surface area contributed by atoms with Crippen molar-refractivity contribution < 1.29 is 74.3 Å². The zero-order valence-corrected chi connectivity index (χ0v) is 43.8. The highest BCUT2D eigenvalue weighted by atomic mass is 79.9. The van der Waals surface area contributed by atoms with Gasteiger partial charge in [0.25, 0.3) is 9.05 Å². The van der Waals surface area contributed by atoms with Gasteiger partial charge in [0.1, 0.15) is 34.9 Å². The molecule has 6 rings (SSSR count). The number of halogens is 19. The van der Waals surface area contributed by atoms with E-state index in [2.05, 4.69) is 60.4 Å². The summed E-state index contributed by atoms with van der Waals surface area (Å²) in [6, 6.07) is 20.9. The van der Waals surface area contributed by atoms with E-state index in [9.17, 15) is 74.3 Å². The van der Waals surface area contributed by atoms with E-state index in [-0.39, 0.29) is 37.9 Å². The van der Waals surface area contributed by atoms with E-state index in [1.165, 1.54) is 55.5 Å². The maximum atomic E-state index is 13.3. The molecule has 0 aliphatic heterocycles. The molecular formula is C41H22Br3ClF15NO2S6. The molecule has 69 heavy (non-hydrogen) atoms. The average Bonchev–Trinajstić information content (AvgIpc) is 3.22. The lowest BCUT2D eigenvalue weighted by atomic mass is 10.2. The van der Waals surface area contributed by atoms with Crippen molar-refractivity contribution in [3.8, 4) is 6.07 Å². The van der Waals surface area contributed by atoms with E-state index in [1.54, 1.807) is 6.07 Å². The average molecular weight is 1310 g/mol. The summed E-state index contributed by atoms with van der Waals surface area (Å²) >= 11 is 12.4. The monoisotopic (exact) mass is 1310 g/mol. The van der Waals surface area contributed by atoms with Crippen LogP contribution in [0.3, 0.4) is 0 Å². The smallest absolute Gasteiger partial charge is 0.207 e. The van der Waals surface area contributed by atoms with Crippen molar-refractivity contribution in [2.75, 3.05) is 0 Å². The number of alkyl halides is 9. The third-order valence-corrected chi connectivity index (χ3v) is 15.3. The van der Waals surface area contributed by atoms with Gasteiger partial charge >= 0.3 is 18.5 Å². The minimum atomic E-state index is -4.76. The van der Waals surface area contributed by atoms with Crippen molar-refractivity contribution >= 4 is 123 Å². The summed E-state index contributed by atoms with van der Waals surface area (Å²) in [5.41, 5.74) is -3.09. The molecule has 0 fully saturated rings. The first-order valence-electron chi connectivity index (χ1n) is 17.4. The van der Waals surface area contributed by atoms with Crippen LogP contribution in [0.1, 0.15) is 23.6 Å². The van der Waals surface area contributed by atoms with E-state index < -0.39 is 84.1 Å². The highest BCUT2D eigenvalue weighted by molar-refractivity contribution is 9.11. The lowest BCUT2D eigenvalue weighted by Gasteiger charge is -2.15. The maximum Gasteiger partial charge on any atom is 0.417 e. The van der Waals surface area contributed by atoms with Crippen LogP contribution in [-0.4, -0.2) is 8.42 Å². The molecule has 0 heterocycles. The summed E-state index contributed by atoms with van der Waals surface area (Å²) in [6.45, 7) is 1.43. The number of benzene rings is 6. The maximum absolute atomic E-state index is 13.3. The molecule has 0 saturated heterocycles. The van der Waals surface area contributed by atoms with Gasteiger partial charge in [0.2, 0.25) is 0 Å². The van der Waals surface area contributed by atoms with Gasteiger partial charge in [-0.3, -0.25) is 0 Å². The summed E-state index contributed by atoms with van der Waals surface area (Å²) in [7, 11) is 3.62. The van der Waals surface area contributed by atoms with Gasteiger partial charge in [-0.1, -0.05) is 69.4 Å². The highest BCUT2D eigenvalue weighted by Crippen LogP contribution is 2.48. The fourth-order valence-corrected chi connectivity index (χ4v) is 11.0. The molecule has 0 saturated carbocycles. The van der Waals surface area contributed by atoms with Crippen molar-refractivity contribution in [3.05, 3.63) is 174 Å². The van der Waals surface area contributed by atoms with Gasteiger partial charge in [0.05, 0.1) is 37.4 Å². The molecule has 0 spiro atoms. The van der Waals surface area contributed by atoms with Crippen LogP contribution in [0.15, 0.2) is 152 Å². The second-order valence-electron chi connectivity index (χ2n) is 12.2. The molecule has 6 aromatic rings. The zero-order chi connectivity index (χ0) is 52.7. The molecule has 28 heteroatoms. The van der Waals surface area contributed by atoms with E-state index in [0.29, 0.717) is 27.7 Å². The number of hydrogen-bond donors (Lipinski definition) is 1. The summed E-state index contributed by atoms with van der Waals surface area (Å²) in [5.74, 6) is -3.97. The molecule has 0 aromatic heterocycles. The number of thiol groups is 1. The third-order valence-electron chi connectivity index (χ3n) is 7.14. The molecule has 3 nitrogen and oxygen atoms in total. The lowest BCUT2D eigenvalue weighted by molar-refractivity contribution is -0.140. The van der Waals surface area contributed by atoms with Crippen molar-refractivity contribution in [2.24, 2.45) is 0 Å². The Balaban J connectivity index is 0.000000323. The van der Waals surface area contributed by atoms with Crippen LogP contribution in [0.2, 0.25) is 0 Å². The van der Waals surface area contributed by atoms with Gasteiger partial charge in [-0.05, 0) is 113 Å². The Morgan fingerprint density at radius 1 is 0.493 bits per heavy atom. The van der Waals surface area contributed by atoms with Crippen LogP contribution in [0.4, 0.5) is 65.9 Å². The fourth-order valence-electron chi connectivity index (χ4n) is 4.28. The third kappa shape index (κ3) is 21.8. The van der Waals surface area contributed by atoms with E-state index in [1.807, 2.05) is 0 Å². The minimum Gasteiger partial charge on any atom is -0.207 e. The summed E-state index contributed by atoms with van der Waals surface area (Å²) in [4.78, 5) is -0.731. The van der Waals surface area contributed by atoms with Crippen LogP contribution in [0.5, 0.6) is 0 Å². The Morgan fingerprint density at radius 3 is 1.09 bits per heavy atom. The molecule has 0 atom stereocenters. The summed E-state index contributed by atoms with van der Waals surface area (Å²) in [6.07, 6.45) is -14.0. The van der Waals surface area contributed by atoms with Crippen LogP contribution < -0.4 is 0 Å². The van der Waals surface area contributed by atoms with Gasteiger partial charge in [-0.25, -0.2) is 34.8 Å².